The summed E-state index contributed by atoms with van der Waals surface area (Å²) < 4.78 is 0. The molecule has 1 fully saturated rings. The predicted octanol–water partition coefficient (Wildman–Crippen LogP) is 4.77. The average molecular weight is 315 g/mol. The van der Waals surface area contributed by atoms with Gasteiger partial charge in [0.2, 0.25) is 0 Å². The van der Waals surface area contributed by atoms with E-state index in [1.165, 1.54) is 5.56 Å². The fourth-order valence-electron chi connectivity index (χ4n) is 2.58. The molecular weight excluding hydrogens is 296 g/mol. The van der Waals surface area contributed by atoms with Gasteiger partial charge >= 0.3 is 6.03 Å². The van der Waals surface area contributed by atoms with E-state index in [0.717, 1.165) is 29.7 Å². The maximum atomic E-state index is 12.3. The number of rotatable bonds is 3. The third kappa shape index (κ3) is 3.09. The summed E-state index contributed by atoms with van der Waals surface area (Å²) in [5.41, 5.74) is 4.05. The molecule has 0 aliphatic heterocycles. The zero-order valence-electron chi connectivity index (χ0n) is 12.7. The number of halogens is 1. The lowest BCUT2D eigenvalue weighted by molar-refractivity contribution is 0.247. The fourth-order valence-corrected chi connectivity index (χ4v) is 2.70. The van der Waals surface area contributed by atoms with Gasteiger partial charge in [-0.3, -0.25) is 0 Å². The standard InChI is InChI=1S/C18H19ClN2O/c1-12-3-8-16(11-13(12)2)20-17(22)21-18(9-10-18)14-4-6-15(19)7-5-14/h3-8,11H,9-10H2,1-2H3,(H2,20,21,22). The van der Waals surface area contributed by atoms with E-state index in [2.05, 4.69) is 17.6 Å². The molecule has 0 saturated heterocycles. The molecule has 4 heteroatoms. The van der Waals surface area contributed by atoms with Gasteiger partial charge in [0, 0.05) is 10.7 Å². The summed E-state index contributed by atoms with van der Waals surface area (Å²) in [4.78, 5) is 12.3. The van der Waals surface area contributed by atoms with Crippen molar-refractivity contribution in [2.75, 3.05) is 5.32 Å². The largest absolute Gasteiger partial charge is 0.328 e. The van der Waals surface area contributed by atoms with Crippen molar-refractivity contribution in [1.82, 2.24) is 5.32 Å². The van der Waals surface area contributed by atoms with E-state index in [-0.39, 0.29) is 11.6 Å². The Morgan fingerprint density at radius 1 is 1.05 bits per heavy atom. The van der Waals surface area contributed by atoms with Gasteiger partial charge in [0.25, 0.3) is 0 Å². The molecule has 3 rings (SSSR count). The molecule has 2 amide bonds. The maximum Gasteiger partial charge on any atom is 0.319 e. The number of nitrogens with one attached hydrogen (secondary N) is 2. The number of hydrogen-bond donors (Lipinski definition) is 2. The summed E-state index contributed by atoms with van der Waals surface area (Å²) in [6.45, 7) is 4.09. The third-order valence-electron chi connectivity index (χ3n) is 4.26. The van der Waals surface area contributed by atoms with Crippen LogP contribution < -0.4 is 10.6 Å². The van der Waals surface area contributed by atoms with Crippen LogP contribution in [0.4, 0.5) is 10.5 Å². The molecule has 0 atom stereocenters. The molecule has 1 saturated carbocycles. The number of carbonyl (C=O) groups is 1. The smallest absolute Gasteiger partial charge is 0.319 e. The van der Waals surface area contributed by atoms with Crippen molar-refractivity contribution in [3.8, 4) is 0 Å². The highest BCUT2D eigenvalue weighted by molar-refractivity contribution is 6.30. The minimum absolute atomic E-state index is 0.171. The summed E-state index contributed by atoms with van der Waals surface area (Å²) >= 11 is 5.92. The second kappa shape index (κ2) is 5.65. The Hall–Kier alpha value is -2.00. The van der Waals surface area contributed by atoms with Crippen LogP contribution in [0.5, 0.6) is 0 Å². The number of urea groups is 1. The highest BCUT2D eigenvalue weighted by Crippen LogP contribution is 2.45. The second-order valence-corrected chi connectivity index (χ2v) is 6.40. The molecule has 2 N–H and O–H groups in total. The van der Waals surface area contributed by atoms with E-state index < -0.39 is 0 Å². The van der Waals surface area contributed by atoms with Crippen molar-refractivity contribution >= 4 is 23.3 Å². The van der Waals surface area contributed by atoms with Crippen molar-refractivity contribution < 1.29 is 4.79 Å². The number of amides is 2. The highest BCUT2D eigenvalue weighted by Gasteiger charge is 2.45. The van der Waals surface area contributed by atoms with Crippen LogP contribution in [0.1, 0.15) is 29.5 Å². The summed E-state index contributed by atoms with van der Waals surface area (Å²) in [6, 6.07) is 13.4. The van der Waals surface area contributed by atoms with Crippen molar-refractivity contribution in [3.05, 3.63) is 64.2 Å². The van der Waals surface area contributed by atoms with Gasteiger partial charge in [0.05, 0.1) is 5.54 Å². The summed E-state index contributed by atoms with van der Waals surface area (Å²) in [5, 5.41) is 6.71. The van der Waals surface area contributed by atoms with Gasteiger partial charge in [0.15, 0.2) is 0 Å². The molecule has 0 unspecified atom stereocenters. The Kier molecular flexibility index (Phi) is 3.83. The predicted molar refractivity (Wildman–Crippen MR) is 90.4 cm³/mol. The monoisotopic (exact) mass is 314 g/mol. The molecule has 0 bridgehead atoms. The van der Waals surface area contributed by atoms with Gasteiger partial charge in [-0.2, -0.15) is 0 Å². The van der Waals surface area contributed by atoms with Crippen molar-refractivity contribution in [2.24, 2.45) is 0 Å². The van der Waals surface area contributed by atoms with Crippen molar-refractivity contribution in [3.63, 3.8) is 0 Å². The molecule has 2 aromatic rings. The van der Waals surface area contributed by atoms with E-state index in [9.17, 15) is 4.79 Å². The Morgan fingerprint density at radius 2 is 1.73 bits per heavy atom. The second-order valence-electron chi connectivity index (χ2n) is 5.97. The van der Waals surface area contributed by atoms with Gasteiger partial charge in [-0.05, 0) is 67.6 Å². The normalized spacial score (nSPS) is 15.2. The number of carbonyl (C=O) groups excluding carboxylic acids is 1. The van der Waals surface area contributed by atoms with Gasteiger partial charge in [-0.25, -0.2) is 4.79 Å². The molecule has 2 aromatic carbocycles. The van der Waals surface area contributed by atoms with Crippen molar-refractivity contribution in [2.45, 2.75) is 32.2 Å². The van der Waals surface area contributed by atoms with Gasteiger partial charge in [0.1, 0.15) is 0 Å². The van der Waals surface area contributed by atoms with Crippen LogP contribution in [-0.2, 0) is 5.54 Å². The first-order chi connectivity index (χ1) is 10.5. The van der Waals surface area contributed by atoms with Crippen molar-refractivity contribution in [1.29, 1.82) is 0 Å². The van der Waals surface area contributed by atoms with E-state index in [0.29, 0.717) is 5.02 Å². The average Bonchev–Trinajstić information content (AvgIpc) is 3.24. The molecule has 0 heterocycles. The molecule has 1 aliphatic carbocycles. The Morgan fingerprint density at radius 3 is 2.32 bits per heavy atom. The van der Waals surface area contributed by atoms with Gasteiger partial charge in [-0.15, -0.1) is 0 Å². The first kappa shape index (κ1) is 14.9. The molecular formula is C18H19ClN2O. The minimum atomic E-state index is -0.242. The zero-order chi connectivity index (χ0) is 15.7. The first-order valence-electron chi connectivity index (χ1n) is 7.41. The lowest BCUT2D eigenvalue weighted by atomic mass is 10.1. The lowest BCUT2D eigenvalue weighted by Gasteiger charge is -2.19. The van der Waals surface area contributed by atoms with Crippen LogP contribution in [0.25, 0.3) is 0 Å². The lowest BCUT2D eigenvalue weighted by Crippen LogP contribution is -2.38. The van der Waals surface area contributed by atoms with Gasteiger partial charge < -0.3 is 10.6 Å². The molecule has 0 radical (unpaired) electrons. The first-order valence-corrected chi connectivity index (χ1v) is 7.79. The fraction of sp³-hybridized carbons (Fsp3) is 0.278. The van der Waals surface area contributed by atoms with Crippen LogP contribution in [0.2, 0.25) is 5.02 Å². The van der Waals surface area contributed by atoms with Crippen LogP contribution in [0, 0.1) is 13.8 Å². The SMILES string of the molecule is Cc1ccc(NC(=O)NC2(c3ccc(Cl)cc3)CC2)cc1C. The minimum Gasteiger partial charge on any atom is -0.328 e. The number of benzene rings is 2. The van der Waals surface area contributed by atoms with Crippen LogP contribution in [-0.4, -0.2) is 6.03 Å². The quantitative estimate of drug-likeness (QED) is 0.842. The van der Waals surface area contributed by atoms with E-state index in [1.807, 2.05) is 49.4 Å². The Balaban J connectivity index is 1.68. The number of aryl methyl sites for hydroxylation is 2. The van der Waals surface area contributed by atoms with Crippen LogP contribution >= 0.6 is 11.6 Å². The highest BCUT2D eigenvalue weighted by atomic mass is 35.5. The molecule has 114 valence electrons. The number of anilines is 1. The van der Waals surface area contributed by atoms with Crippen LogP contribution in [0.3, 0.4) is 0 Å². The molecule has 0 spiro atoms. The summed E-state index contributed by atoms with van der Waals surface area (Å²) in [6.07, 6.45) is 1.91. The Bertz CT molecular complexity index is 706. The summed E-state index contributed by atoms with van der Waals surface area (Å²) in [7, 11) is 0. The summed E-state index contributed by atoms with van der Waals surface area (Å²) in [5.74, 6) is 0. The third-order valence-corrected chi connectivity index (χ3v) is 4.52. The number of hydrogen-bond acceptors (Lipinski definition) is 1. The van der Waals surface area contributed by atoms with Gasteiger partial charge in [-0.1, -0.05) is 29.8 Å². The topological polar surface area (TPSA) is 41.1 Å². The van der Waals surface area contributed by atoms with E-state index >= 15 is 0 Å². The van der Waals surface area contributed by atoms with E-state index in [1.54, 1.807) is 0 Å². The van der Waals surface area contributed by atoms with E-state index in [4.69, 9.17) is 11.6 Å². The molecule has 0 aromatic heterocycles. The van der Waals surface area contributed by atoms with Crippen LogP contribution in [0.15, 0.2) is 42.5 Å². The zero-order valence-corrected chi connectivity index (χ0v) is 13.5. The maximum absolute atomic E-state index is 12.3. The molecule has 3 nitrogen and oxygen atoms in total. The molecule has 1 aliphatic rings. The Labute approximate surface area is 135 Å². The molecule has 22 heavy (non-hydrogen) atoms.